The third kappa shape index (κ3) is 3.91. The third-order valence-electron chi connectivity index (χ3n) is 3.84. The van der Waals surface area contributed by atoms with Crippen molar-refractivity contribution in [3.8, 4) is 0 Å². The van der Waals surface area contributed by atoms with Crippen molar-refractivity contribution in [3.05, 3.63) is 46.9 Å². The predicted octanol–water partition coefficient (Wildman–Crippen LogP) is 2.54. The van der Waals surface area contributed by atoms with Crippen LogP contribution in [0.25, 0.3) is 0 Å². The number of esters is 1. The maximum absolute atomic E-state index is 13.6. The standard InChI is InChI=1S/C17H21FN2O3S/c1-4-20-11(2)14(16(21)23-9-8-22-3)15(19-17(20)24)12-6-5-7-13(18)10-12/h5-7,10,15H,4,8-9H2,1-3H3,(H,19,24)/t15-/m1/s1. The second-order valence-electron chi connectivity index (χ2n) is 5.31. The van der Waals surface area contributed by atoms with Gasteiger partial charge in [-0.3, -0.25) is 0 Å². The van der Waals surface area contributed by atoms with Crippen molar-refractivity contribution in [1.82, 2.24) is 10.2 Å². The summed E-state index contributed by atoms with van der Waals surface area (Å²) in [4.78, 5) is 14.4. The molecule has 5 nitrogen and oxygen atoms in total. The van der Waals surface area contributed by atoms with Crippen molar-refractivity contribution < 1.29 is 18.7 Å². The first-order valence-corrected chi connectivity index (χ1v) is 8.10. The molecular formula is C17H21FN2O3S. The Morgan fingerprint density at radius 1 is 1.42 bits per heavy atom. The second-order valence-corrected chi connectivity index (χ2v) is 5.70. The number of hydrogen-bond acceptors (Lipinski definition) is 4. The molecule has 0 amide bonds. The van der Waals surface area contributed by atoms with Crippen LogP contribution in [0.3, 0.4) is 0 Å². The molecule has 0 unspecified atom stereocenters. The van der Waals surface area contributed by atoms with Gasteiger partial charge in [-0.1, -0.05) is 12.1 Å². The van der Waals surface area contributed by atoms with Gasteiger partial charge in [-0.25, -0.2) is 9.18 Å². The van der Waals surface area contributed by atoms with Crippen LogP contribution in [0, 0.1) is 5.82 Å². The average Bonchev–Trinajstić information content (AvgIpc) is 2.54. The van der Waals surface area contributed by atoms with Gasteiger partial charge in [0, 0.05) is 19.4 Å². The van der Waals surface area contributed by atoms with E-state index in [0.29, 0.717) is 35.1 Å². The number of carbonyl (C=O) groups excluding carboxylic acids is 1. The summed E-state index contributed by atoms with van der Waals surface area (Å²) in [6.45, 7) is 4.83. The van der Waals surface area contributed by atoms with Crippen molar-refractivity contribution in [2.45, 2.75) is 19.9 Å². The summed E-state index contributed by atoms with van der Waals surface area (Å²) in [5.41, 5.74) is 1.75. The van der Waals surface area contributed by atoms with Gasteiger partial charge < -0.3 is 19.7 Å². The fraction of sp³-hybridized carbons (Fsp3) is 0.412. The summed E-state index contributed by atoms with van der Waals surface area (Å²) >= 11 is 5.37. The Morgan fingerprint density at radius 3 is 2.79 bits per heavy atom. The largest absolute Gasteiger partial charge is 0.460 e. The van der Waals surface area contributed by atoms with E-state index < -0.39 is 12.0 Å². The molecule has 0 aliphatic carbocycles. The van der Waals surface area contributed by atoms with E-state index in [1.807, 2.05) is 18.7 Å². The summed E-state index contributed by atoms with van der Waals surface area (Å²) < 4.78 is 23.8. The van der Waals surface area contributed by atoms with Gasteiger partial charge in [0.25, 0.3) is 0 Å². The zero-order valence-corrected chi connectivity index (χ0v) is 14.8. The highest BCUT2D eigenvalue weighted by Gasteiger charge is 2.34. The third-order valence-corrected chi connectivity index (χ3v) is 4.17. The molecule has 0 spiro atoms. The number of nitrogens with zero attached hydrogens (tertiary/aromatic N) is 1. The van der Waals surface area contributed by atoms with E-state index >= 15 is 0 Å². The van der Waals surface area contributed by atoms with Gasteiger partial charge in [-0.15, -0.1) is 0 Å². The monoisotopic (exact) mass is 352 g/mol. The molecule has 0 radical (unpaired) electrons. The SMILES string of the molecule is CCN1C(=S)N[C@H](c2cccc(F)c2)C(C(=O)OCCOC)=C1C. The van der Waals surface area contributed by atoms with E-state index in [0.717, 1.165) is 0 Å². The Balaban J connectivity index is 2.41. The first-order chi connectivity index (χ1) is 11.5. The van der Waals surface area contributed by atoms with E-state index in [2.05, 4.69) is 5.32 Å². The summed E-state index contributed by atoms with van der Waals surface area (Å²) in [6, 6.07) is 5.55. The highest BCUT2D eigenvalue weighted by atomic mass is 32.1. The lowest BCUT2D eigenvalue weighted by Gasteiger charge is -2.37. The molecule has 1 heterocycles. The van der Waals surface area contributed by atoms with Crippen molar-refractivity contribution in [1.29, 1.82) is 0 Å². The molecule has 0 bridgehead atoms. The molecule has 0 saturated heterocycles. The van der Waals surface area contributed by atoms with Gasteiger partial charge in [-0.2, -0.15) is 0 Å². The number of nitrogens with one attached hydrogen (secondary N) is 1. The highest BCUT2D eigenvalue weighted by molar-refractivity contribution is 7.80. The number of rotatable bonds is 6. The Kier molecular flexibility index (Phi) is 6.28. The van der Waals surface area contributed by atoms with Crippen LogP contribution in [0.15, 0.2) is 35.5 Å². The molecule has 0 aromatic heterocycles. The van der Waals surface area contributed by atoms with Gasteiger partial charge in [-0.05, 0) is 43.8 Å². The topological polar surface area (TPSA) is 50.8 Å². The molecule has 1 aliphatic heterocycles. The minimum absolute atomic E-state index is 0.151. The quantitative estimate of drug-likeness (QED) is 0.482. The minimum Gasteiger partial charge on any atom is -0.460 e. The number of hydrogen-bond donors (Lipinski definition) is 1. The Hall–Kier alpha value is -1.99. The summed E-state index contributed by atoms with van der Waals surface area (Å²) in [5.74, 6) is -0.838. The van der Waals surface area contributed by atoms with Crippen LogP contribution in [-0.2, 0) is 14.3 Å². The van der Waals surface area contributed by atoms with Crippen molar-refractivity contribution in [2.24, 2.45) is 0 Å². The first kappa shape index (κ1) is 18.4. The smallest absolute Gasteiger partial charge is 0.338 e. The molecule has 0 fully saturated rings. The van der Waals surface area contributed by atoms with Gasteiger partial charge in [0.15, 0.2) is 5.11 Å². The fourth-order valence-corrected chi connectivity index (χ4v) is 3.04. The zero-order chi connectivity index (χ0) is 17.7. The van der Waals surface area contributed by atoms with Gasteiger partial charge in [0.05, 0.1) is 18.2 Å². The molecule has 2 rings (SSSR count). The van der Waals surface area contributed by atoms with Crippen molar-refractivity contribution in [2.75, 3.05) is 26.9 Å². The lowest BCUT2D eigenvalue weighted by molar-refractivity contribution is -0.140. The number of methoxy groups -OCH3 is 1. The number of halogens is 1. The number of carbonyl (C=O) groups is 1. The predicted molar refractivity (Wildman–Crippen MR) is 92.8 cm³/mol. The van der Waals surface area contributed by atoms with Crippen LogP contribution in [0.1, 0.15) is 25.5 Å². The maximum atomic E-state index is 13.6. The van der Waals surface area contributed by atoms with Crippen LogP contribution < -0.4 is 5.32 Å². The van der Waals surface area contributed by atoms with E-state index in [-0.39, 0.29) is 12.4 Å². The first-order valence-electron chi connectivity index (χ1n) is 7.69. The normalized spacial score (nSPS) is 17.8. The van der Waals surface area contributed by atoms with Crippen LogP contribution >= 0.6 is 12.2 Å². The zero-order valence-electron chi connectivity index (χ0n) is 14.0. The van der Waals surface area contributed by atoms with Gasteiger partial charge in [0.2, 0.25) is 0 Å². The van der Waals surface area contributed by atoms with Crippen LogP contribution in [-0.4, -0.2) is 42.8 Å². The Morgan fingerprint density at radius 2 is 2.17 bits per heavy atom. The molecule has 1 aliphatic rings. The molecule has 24 heavy (non-hydrogen) atoms. The molecule has 1 atom stereocenters. The molecule has 0 saturated carbocycles. The van der Waals surface area contributed by atoms with Gasteiger partial charge >= 0.3 is 5.97 Å². The van der Waals surface area contributed by atoms with Crippen molar-refractivity contribution in [3.63, 3.8) is 0 Å². The number of thiocarbonyl (C=S) groups is 1. The lowest BCUT2D eigenvalue weighted by atomic mass is 9.95. The van der Waals surface area contributed by atoms with E-state index in [1.54, 1.807) is 12.1 Å². The highest BCUT2D eigenvalue weighted by Crippen LogP contribution is 2.31. The Bertz CT molecular complexity index is 663. The minimum atomic E-state index is -0.550. The van der Waals surface area contributed by atoms with Crippen LogP contribution in [0.2, 0.25) is 0 Å². The summed E-state index contributed by atoms with van der Waals surface area (Å²) in [6.07, 6.45) is 0. The molecule has 1 aromatic rings. The second kappa shape index (κ2) is 8.21. The summed E-state index contributed by atoms with van der Waals surface area (Å²) in [7, 11) is 1.54. The number of allylic oxidation sites excluding steroid dienone is 1. The molecule has 1 aromatic carbocycles. The molecule has 130 valence electrons. The molecule has 1 N–H and O–H groups in total. The van der Waals surface area contributed by atoms with E-state index in [9.17, 15) is 9.18 Å². The Labute approximate surface area is 146 Å². The van der Waals surface area contributed by atoms with Crippen LogP contribution in [0.5, 0.6) is 0 Å². The average molecular weight is 352 g/mol. The number of ether oxygens (including phenoxy) is 2. The maximum Gasteiger partial charge on any atom is 0.338 e. The molecular weight excluding hydrogens is 331 g/mol. The summed E-state index contributed by atoms with van der Waals surface area (Å²) in [5, 5.41) is 3.61. The fourth-order valence-electron chi connectivity index (χ4n) is 2.66. The number of benzene rings is 1. The van der Waals surface area contributed by atoms with E-state index in [1.165, 1.54) is 19.2 Å². The lowest BCUT2D eigenvalue weighted by Crippen LogP contribution is -2.47. The van der Waals surface area contributed by atoms with Crippen molar-refractivity contribution >= 4 is 23.3 Å². The van der Waals surface area contributed by atoms with E-state index in [4.69, 9.17) is 21.7 Å². The van der Waals surface area contributed by atoms with Gasteiger partial charge in [0.1, 0.15) is 12.4 Å². The molecule has 7 heteroatoms. The van der Waals surface area contributed by atoms with Crippen LogP contribution in [0.4, 0.5) is 4.39 Å².